The first-order chi connectivity index (χ1) is 29.2. The highest BCUT2D eigenvalue weighted by Crippen LogP contribution is 2.48. The molecule has 314 valence electrons. The average molecular weight is 842 g/mol. The van der Waals surface area contributed by atoms with Crippen molar-refractivity contribution in [3.05, 3.63) is 102 Å². The molecule has 0 aliphatic carbocycles. The summed E-state index contributed by atoms with van der Waals surface area (Å²) in [5.41, 5.74) is 5.12. The van der Waals surface area contributed by atoms with Gasteiger partial charge in [0.15, 0.2) is 0 Å². The number of amides is 2. The van der Waals surface area contributed by atoms with Crippen LogP contribution in [0.5, 0.6) is 5.75 Å². The number of aromatic amines is 2. The number of halogens is 1. The zero-order valence-corrected chi connectivity index (χ0v) is 35.8. The molecular weight excluding hydrogens is 794 g/mol. The van der Waals surface area contributed by atoms with Crippen molar-refractivity contribution >= 4 is 44.5 Å². The van der Waals surface area contributed by atoms with E-state index in [0.29, 0.717) is 12.4 Å². The maximum absolute atomic E-state index is 14.8. The fourth-order valence-electron chi connectivity index (χ4n) is 8.81. The van der Waals surface area contributed by atoms with E-state index in [2.05, 4.69) is 92.3 Å². The summed E-state index contributed by atoms with van der Waals surface area (Å²) in [4.78, 5) is 46.7. The van der Waals surface area contributed by atoms with E-state index >= 15 is 0 Å². The van der Waals surface area contributed by atoms with E-state index in [1.54, 1.807) is 43.2 Å². The van der Waals surface area contributed by atoms with Crippen molar-refractivity contribution in [3.63, 3.8) is 0 Å². The Bertz CT molecular complexity index is 2790. The van der Waals surface area contributed by atoms with Gasteiger partial charge in [-0.3, -0.25) is 14.4 Å². The number of likely N-dealkylation sites (tertiary alicyclic amines) is 2. The molecule has 4 aromatic heterocycles. The Hall–Kier alpha value is -6.15. The van der Waals surface area contributed by atoms with Crippen LogP contribution in [-0.2, 0) is 9.47 Å². The van der Waals surface area contributed by atoms with Crippen molar-refractivity contribution in [2.75, 3.05) is 13.1 Å². The number of carbonyl (C=O) groups excluding carboxylic acids is 2. The molecule has 14 heteroatoms. The standard InChI is InChI=1S/C47H48FN7O5S/c1-46(2,3)59-44(56)53-17-9-11-35(53)41-49-24-33(51-41)27-13-15-31-36-19-29-18-26(32-23-50-42(52-32)37-22-30(48)25-54(37)45(57)60-47(4,5)6)14-16-34(29)55(36)43(58-38(31)20-27)40-21-28-10-7-8-12-39(28)61-40/h7-8,10,12-16,18-21,23-24,30,35,37,43H,9,11,17,22,25H2,1-6H3,(H,49,51)(H,50,52). The number of rotatable bonds is 5. The summed E-state index contributed by atoms with van der Waals surface area (Å²) in [5.74, 6) is 2.00. The Kier molecular flexibility index (Phi) is 9.27. The summed E-state index contributed by atoms with van der Waals surface area (Å²) in [5, 5.41) is 2.17. The first kappa shape index (κ1) is 39.0. The van der Waals surface area contributed by atoms with Gasteiger partial charge in [0, 0.05) is 39.7 Å². The van der Waals surface area contributed by atoms with Crippen LogP contribution in [0.25, 0.3) is 54.8 Å². The lowest BCUT2D eigenvalue weighted by atomic mass is 10.0. The molecule has 7 aromatic rings. The van der Waals surface area contributed by atoms with Crippen molar-refractivity contribution < 1.29 is 28.2 Å². The average Bonchev–Trinajstić information content (AvgIpc) is 4.05. The second-order valence-electron chi connectivity index (χ2n) is 18.2. The second-order valence-corrected chi connectivity index (χ2v) is 19.3. The van der Waals surface area contributed by atoms with Gasteiger partial charge in [0.05, 0.1) is 58.5 Å². The number of alkyl halides is 1. The summed E-state index contributed by atoms with van der Waals surface area (Å²) >= 11 is 1.72. The Labute approximate surface area is 356 Å². The van der Waals surface area contributed by atoms with Crippen molar-refractivity contribution in [1.29, 1.82) is 0 Å². The predicted octanol–water partition coefficient (Wildman–Crippen LogP) is 11.3. The Morgan fingerprint density at radius 2 is 1.48 bits per heavy atom. The maximum atomic E-state index is 14.8. The number of H-pyrrole nitrogens is 2. The van der Waals surface area contributed by atoms with E-state index in [1.165, 1.54) is 9.60 Å². The molecule has 2 fully saturated rings. The highest BCUT2D eigenvalue weighted by atomic mass is 32.1. The molecule has 4 unspecified atom stereocenters. The molecule has 0 spiro atoms. The van der Waals surface area contributed by atoms with Gasteiger partial charge in [-0.15, -0.1) is 11.3 Å². The molecule has 10 rings (SSSR count). The van der Waals surface area contributed by atoms with E-state index < -0.39 is 35.7 Å². The lowest BCUT2D eigenvalue weighted by Crippen LogP contribution is -2.37. The number of ether oxygens (including phenoxy) is 3. The Morgan fingerprint density at radius 1 is 0.803 bits per heavy atom. The third-order valence-corrected chi connectivity index (χ3v) is 12.6. The highest BCUT2D eigenvalue weighted by molar-refractivity contribution is 7.19. The number of thiophene rings is 1. The van der Waals surface area contributed by atoms with Gasteiger partial charge in [-0.05, 0) is 102 Å². The lowest BCUT2D eigenvalue weighted by Gasteiger charge is -2.29. The number of aromatic nitrogens is 5. The minimum absolute atomic E-state index is 0.0398. The van der Waals surface area contributed by atoms with Crippen LogP contribution < -0.4 is 4.74 Å². The molecule has 3 aromatic carbocycles. The van der Waals surface area contributed by atoms with Crippen molar-refractivity contribution in [3.8, 4) is 39.5 Å². The summed E-state index contributed by atoms with van der Waals surface area (Å²) in [7, 11) is 0. The third kappa shape index (κ3) is 7.30. The van der Waals surface area contributed by atoms with Crippen molar-refractivity contribution in [2.24, 2.45) is 0 Å². The van der Waals surface area contributed by atoms with Crippen LogP contribution in [0.3, 0.4) is 0 Å². The van der Waals surface area contributed by atoms with Crippen molar-refractivity contribution in [2.45, 2.75) is 96.5 Å². The monoisotopic (exact) mass is 841 g/mol. The summed E-state index contributed by atoms with van der Waals surface area (Å²) < 4.78 is 36.6. The normalized spacial score (nSPS) is 20.2. The molecule has 3 aliphatic rings. The highest BCUT2D eigenvalue weighted by Gasteiger charge is 2.40. The molecule has 0 bridgehead atoms. The molecule has 0 radical (unpaired) electrons. The number of nitrogens with zero attached hydrogens (tertiary/aromatic N) is 5. The van der Waals surface area contributed by atoms with E-state index in [4.69, 9.17) is 19.2 Å². The van der Waals surface area contributed by atoms with Gasteiger partial charge in [-0.25, -0.2) is 23.9 Å². The number of fused-ring (bicyclic) bond motifs is 6. The quantitative estimate of drug-likeness (QED) is 0.176. The largest absolute Gasteiger partial charge is 0.464 e. The third-order valence-electron chi connectivity index (χ3n) is 11.5. The van der Waals surface area contributed by atoms with Crippen LogP contribution in [0.1, 0.15) is 95.6 Å². The lowest BCUT2D eigenvalue weighted by molar-refractivity contribution is 0.0204. The van der Waals surface area contributed by atoms with Gasteiger partial charge in [-0.2, -0.15) is 0 Å². The molecule has 4 atom stereocenters. The molecule has 2 amide bonds. The number of hydrogen-bond acceptors (Lipinski definition) is 8. The van der Waals surface area contributed by atoms with Crippen LogP contribution in [-0.4, -0.2) is 77.0 Å². The van der Waals surface area contributed by atoms with E-state index in [9.17, 15) is 14.0 Å². The molecule has 3 aliphatic heterocycles. The summed E-state index contributed by atoms with van der Waals surface area (Å²) in [6.45, 7) is 11.6. The van der Waals surface area contributed by atoms with Gasteiger partial charge < -0.3 is 24.2 Å². The number of imidazole rings is 2. The molecule has 12 nitrogen and oxygen atoms in total. The number of hydrogen-bond donors (Lipinski definition) is 2. The van der Waals surface area contributed by atoms with Gasteiger partial charge in [0.1, 0.15) is 34.8 Å². The van der Waals surface area contributed by atoms with E-state index in [1.807, 2.05) is 27.0 Å². The van der Waals surface area contributed by atoms with Gasteiger partial charge in [0.25, 0.3) is 0 Å². The molecule has 7 heterocycles. The maximum Gasteiger partial charge on any atom is 0.411 e. The number of carbonyl (C=O) groups is 2. The molecule has 61 heavy (non-hydrogen) atoms. The topological polar surface area (TPSA) is 131 Å². The minimum atomic E-state index is -1.17. The van der Waals surface area contributed by atoms with E-state index in [0.717, 1.165) is 79.4 Å². The van der Waals surface area contributed by atoms with Gasteiger partial charge in [0.2, 0.25) is 6.23 Å². The number of benzene rings is 3. The summed E-state index contributed by atoms with van der Waals surface area (Å²) in [6, 6.07) is 24.5. The SMILES string of the molecule is CC(C)(C)OC(=O)N1CCCC1c1ncc(-c2ccc3c(c2)OC(c2cc4ccccc4s2)n2c-3cc3cc(-c4cnc(C5CC(F)CN5C(=O)OC(C)(C)C)[nH]4)ccc32)[nH]1. The first-order valence-electron chi connectivity index (χ1n) is 20.8. The number of nitrogens with one attached hydrogen (secondary N) is 2. The van der Waals surface area contributed by atoms with Crippen LogP contribution in [0, 0.1) is 0 Å². The van der Waals surface area contributed by atoms with E-state index in [-0.39, 0.29) is 25.1 Å². The zero-order valence-electron chi connectivity index (χ0n) is 35.0. The molecule has 2 saturated heterocycles. The fourth-order valence-corrected chi connectivity index (χ4v) is 9.89. The molecular formula is C47H48FN7O5S. The van der Waals surface area contributed by atoms with Crippen LogP contribution in [0.4, 0.5) is 14.0 Å². The van der Waals surface area contributed by atoms with Crippen LogP contribution in [0.2, 0.25) is 0 Å². The first-order valence-corrected chi connectivity index (χ1v) is 21.7. The molecule has 0 saturated carbocycles. The van der Waals surface area contributed by atoms with Crippen molar-refractivity contribution in [1.82, 2.24) is 34.3 Å². The second kappa shape index (κ2) is 14.5. The predicted molar refractivity (Wildman–Crippen MR) is 233 cm³/mol. The van der Waals surface area contributed by atoms with Crippen LogP contribution >= 0.6 is 11.3 Å². The fraction of sp³-hybridized carbons (Fsp3) is 0.362. The minimum Gasteiger partial charge on any atom is -0.464 e. The van der Waals surface area contributed by atoms with Gasteiger partial charge >= 0.3 is 12.2 Å². The smallest absolute Gasteiger partial charge is 0.411 e. The van der Waals surface area contributed by atoms with Crippen LogP contribution in [0.15, 0.2) is 85.2 Å². The zero-order chi connectivity index (χ0) is 42.4. The Morgan fingerprint density at radius 3 is 2.20 bits per heavy atom. The van der Waals surface area contributed by atoms with Gasteiger partial charge in [-0.1, -0.05) is 30.3 Å². The summed E-state index contributed by atoms with van der Waals surface area (Å²) in [6.07, 6.45) is 2.90. The molecule has 2 N–H and O–H groups in total. The Balaban J connectivity index is 0.993.